The second-order valence-electron chi connectivity index (χ2n) is 1.53. The van der Waals surface area contributed by atoms with Gasteiger partial charge in [-0.15, -0.1) is 0 Å². The highest BCUT2D eigenvalue weighted by molar-refractivity contribution is 5.90. The van der Waals surface area contributed by atoms with E-state index in [0.29, 0.717) is 18.7 Å². The first-order chi connectivity index (χ1) is 3.84. The fourth-order valence-electron chi connectivity index (χ4n) is 0.561. The van der Waals surface area contributed by atoms with E-state index in [1.807, 2.05) is 0 Å². The third-order valence-electron chi connectivity index (χ3n) is 1.03. The van der Waals surface area contributed by atoms with Gasteiger partial charge in [-0.3, -0.25) is 0 Å². The van der Waals surface area contributed by atoms with Crippen LogP contribution in [0.15, 0.2) is 11.6 Å². The predicted molar refractivity (Wildman–Crippen MR) is 28.1 cm³/mol. The molecule has 1 rings (SSSR count). The topological polar surface area (TPSA) is 52.3 Å². The van der Waals surface area contributed by atoms with Crippen molar-refractivity contribution >= 4 is 5.97 Å². The van der Waals surface area contributed by atoms with Gasteiger partial charge in [0.1, 0.15) is 6.61 Å². The molecule has 0 radical (unpaired) electrons. The first-order valence-corrected chi connectivity index (χ1v) is 2.41. The molecule has 1 heterocycles. The van der Waals surface area contributed by atoms with E-state index in [9.17, 15) is 4.79 Å². The van der Waals surface area contributed by atoms with Gasteiger partial charge in [-0.1, -0.05) is 0 Å². The summed E-state index contributed by atoms with van der Waals surface area (Å²) in [5, 5.41) is 0. The monoisotopic (exact) mass is 113 g/mol. The van der Waals surface area contributed by atoms with E-state index in [-0.39, 0.29) is 5.97 Å². The molecule has 0 saturated heterocycles. The van der Waals surface area contributed by atoms with Crippen LogP contribution in [0.25, 0.3) is 0 Å². The highest BCUT2D eigenvalue weighted by Gasteiger charge is 2.13. The number of rotatable bonds is 1. The van der Waals surface area contributed by atoms with Crippen LogP contribution >= 0.6 is 0 Å². The molecule has 8 heavy (non-hydrogen) atoms. The molecule has 0 unspecified atom stereocenters. The van der Waals surface area contributed by atoms with Crippen LogP contribution in [0.2, 0.25) is 0 Å². The summed E-state index contributed by atoms with van der Waals surface area (Å²) in [6, 6.07) is 0. The summed E-state index contributed by atoms with van der Waals surface area (Å²) < 4.78 is 4.54. The van der Waals surface area contributed by atoms with E-state index in [1.54, 1.807) is 6.08 Å². The molecular weight excluding hydrogens is 106 g/mol. The molecule has 0 aromatic rings. The predicted octanol–water partition coefficient (Wildman–Crippen LogP) is -0.572. The molecule has 0 amide bonds. The molecule has 0 spiro atoms. The first-order valence-electron chi connectivity index (χ1n) is 2.41. The maximum Gasteiger partial charge on any atom is 0.335 e. The van der Waals surface area contributed by atoms with Crippen molar-refractivity contribution in [2.45, 2.75) is 0 Å². The maximum absolute atomic E-state index is 10.4. The lowest BCUT2D eigenvalue weighted by Gasteiger charge is -1.90. The average molecular weight is 113 g/mol. The Morgan fingerprint density at radius 3 is 2.88 bits per heavy atom. The number of ether oxygens (including phenoxy) is 1. The van der Waals surface area contributed by atoms with E-state index in [2.05, 4.69) is 4.74 Å². The zero-order valence-corrected chi connectivity index (χ0v) is 4.39. The van der Waals surface area contributed by atoms with Crippen LogP contribution in [0, 0.1) is 0 Å². The normalized spacial score (nSPS) is 18.1. The number of cyclic esters (lactones) is 1. The van der Waals surface area contributed by atoms with Gasteiger partial charge in [-0.25, -0.2) is 4.79 Å². The van der Waals surface area contributed by atoms with E-state index in [1.165, 1.54) is 0 Å². The van der Waals surface area contributed by atoms with Gasteiger partial charge in [0.15, 0.2) is 0 Å². The van der Waals surface area contributed by atoms with Crippen LogP contribution < -0.4 is 5.73 Å². The summed E-state index contributed by atoms with van der Waals surface area (Å²) in [6.45, 7) is 0.685. The van der Waals surface area contributed by atoms with Gasteiger partial charge in [-0.2, -0.15) is 0 Å². The fourth-order valence-corrected chi connectivity index (χ4v) is 0.561. The van der Waals surface area contributed by atoms with Crippen molar-refractivity contribution in [1.29, 1.82) is 0 Å². The highest BCUT2D eigenvalue weighted by Crippen LogP contribution is 2.02. The number of hydrogen-bond acceptors (Lipinski definition) is 3. The Bertz CT molecular complexity index is 139. The van der Waals surface area contributed by atoms with Gasteiger partial charge in [0, 0.05) is 6.54 Å². The summed E-state index contributed by atoms with van der Waals surface area (Å²) in [5.41, 5.74) is 5.74. The fraction of sp³-hybridized carbons (Fsp3) is 0.400. The van der Waals surface area contributed by atoms with Crippen molar-refractivity contribution in [2.75, 3.05) is 13.2 Å². The first kappa shape index (κ1) is 5.31. The Hall–Kier alpha value is -0.830. The maximum atomic E-state index is 10.4. The van der Waals surface area contributed by atoms with Gasteiger partial charge < -0.3 is 10.5 Å². The van der Waals surface area contributed by atoms with Crippen molar-refractivity contribution in [3.63, 3.8) is 0 Å². The molecule has 3 heteroatoms. The molecule has 0 fully saturated rings. The Balaban J connectivity index is 2.62. The lowest BCUT2D eigenvalue weighted by Crippen LogP contribution is -2.09. The zero-order chi connectivity index (χ0) is 5.98. The van der Waals surface area contributed by atoms with Crippen molar-refractivity contribution in [2.24, 2.45) is 5.73 Å². The van der Waals surface area contributed by atoms with Crippen LogP contribution in [-0.4, -0.2) is 19.1 Å². The molecular formula is C5H7NO2. The minimum Gasteiger partial charge on any atom is -0.458 e. The van der Waals surface area contributed by atoms with Gasteiger partial charge in [0.05, 0.1) is 5.57 Å². The second kappa shape index (κ2) is 1.96. The van der Waals surface area contributed by atoms with Crippen LogP contribution in [0.4, 0.5) is 0 Å². The summed E-state index contributed by atoms with van der Waals surface area (Å²) in [5.74, 6) is -0.271. The minimum atomic E-state index is -0.271. The van der Waals surface area contributed by atoms with Gasteiger partial charge in [0.25, 0.3) is 0 Å². The van der Waals surface area contributed by atoms with Gasteiger partial charge in [0.2, 0.25) is 0 Å². The van der Waals surface area contributed by atoms with Crippen molar-refractivity contribution in [3.8, 4) is 0 Å². The van der Waals surface area contributed by atoms with Crippen molar-refractivity contribution < 1.29 is 9.53 Å². The average Bonchev–Trinajstić information content (AvgIpc) is 2.14. The summed E-state index contributed by atoms with van der Waals surface area (Å²) in [7, 11) is 0. The number of esters is 1. The van der Waals surface area contributed by atoms with Gasteiger partial charge >= 0.3 is 5.97 Å². The lowest BCUT2D eigenvalue weighted by atomic mass is 10.3. The Kier molecular flexibility index (Phi) is 1.30. The zero-order valence-electron chi connectivity index (χ0n) is 4.39. The minimum absolute atomic E-state index is 0.271. The lowest BCUT2D eigenvalue weighted by molar-refractivity contribution is -0.135. The number of carbonyl (C=O) groups excluding carboxylic acids is 1. The molecule has 0 aliphatic carbocycles. The van der Waals surface area contributed by atoms with Crippen LogP contribution in [0.1, 0.15) is 0 Å². The highest BCUT2D eigenvalue weighted by atomic mass is 16.5. The molecule has 0 aromatic heterocycles. The molecule has 44 valence electrons. The Labute approximate surface area is 47.1 Å². The smallest absolute Gasteiger partial charge is 0.335 e. The van der Waals surface area contributed by atoms with Crippen LogP contribution in [-0.2, 0) is 9.53 Å². The molecule has 0 saturated carbocycles. The summed E-state index contributed by atoms with van der Waals surface area (Å²) in [4.78, 5) is 10.4. The molecule has 0 atom stereocenters. The number of hydrogen-bond donors (Lipinski definition) is 1. The third-order valence-corrected chi connectivity index (χ3v) is 1.03. The summed E-state index contributed by atoms with van der Waals surface area (Å²) in [6.07, 6.45) is 1.70. The molecule has 0 bridgehead atoms. The molecule has 0 aromatic carbocycles. The summed E-state index contributed by atoms with van der Waals surface area (Å²) >= 11 is 0. The second-order valence-corrected chi connectivity index (χ2v) is 1.53. The van der Waals surface area contributed by atoms with E-state index in [4.69, 9.17) is 5.73 Å². The van der Waals surface area contributed by atoms with Crippen LogP contribution in [0.5, 0.6) is 0 Å². The SMILES string of the molecule is NCC1=CCOC1=O. The largest absolute Gasteiger partial charge is 0.458 e. The quantitative estimate of drug-likeness (QED) is 0.463. The van der Waals surface area contributed by atoms with Crippen molar-refractivity contribution in [1.82, 2.24) is 0 Å². The Morgan fingerprint density at radius 1 is 1.88 bits per heavy atom. The number of nitrogens with two attached hydrogens (primary N) is 1. The van der Waals surface area contributed by atoms with E-state index in [0.717, 1.165) is 0 Å². The number of carbonyl (C=O) groups is 1. The standard InChI is InChI=1S/C5H7NO2/c6-3-4-1-2-8-5(4)7/h1H,2-3,6H2. The third kappa shape index (κ3) is 0.721. The van der Waals surface area contributed by atoms with Gasteiger partial charge in [-0.05, 0) is 6.08 Å². The van der Waals surface area contributed by atoms with E-state index >= 15 is 0 Å². The van der Waals surface area contributed by atoms with Crippen molar-refractivity contribution in [3.05, 3.63) is 11.6 Å². The van der Waals surface area contributed by atoms with E-state index < -0.39 is 0 Å². The molecule has 2 N–H and O–H groups in total. The molecule has 3 nitrogen and oxygen atoms in total. The molecule has 1 aliphatic heterocycles. The Morgan fingerprint density at radius 2 is 2.62 bits per heavy atom. The molecule has 1 aliphatic rings. The van der Waals surface area contributed by atoms with Crippen LogP contribution in [0.3, 0.4) is 0 Å².